The molecule has 0 saturated carbocycles. The standard InChI is InChI=1S/C24H41NO/c1-2-3-4-5-6-7-8-9-10-11-12-13-14-15-16-17-18-22-19-20-23(26)21-24(22)25/h17-21,26H,2-16,25H2,1H3. The summed E-state index contributed by atoms with van der Waals surface area (Å²) in [6.07, 6.45) is 25.0. The van der Waals surface area contributed by atoms with Crippen LogP contribution >= 0.6 is 0 Å². The van der Waals surface area contributed by atoms with Crippen molar-refractivity contribution >= 4 is 11.8 Å². The third kappa shape index (κ3) is 12.0. The van der Waals surface area contributed by atoms with Crippen LogP contribution in [0.3, 0.4) is 0 Å². The summed E-state index contributed by atoms with van der Waals surface area (Å²) in [5.74, 6) is 0.228. The van der Waals surface area contributed by atoms with Gasteiger partial charge in [-0.25, -0.2) is 0 Å². The zero-order chi connectivity index (χ0) is 18.9. The van der Waals surface area contributed by atoms with E-state index in [9.17, 15) is 5.11 Å². The van der Waals surface area contributed by atoms with Gasteiger partial charge >= 0.3 is 0 Å². The Morgan fingerprint density at radius 3 is 1.77 bits per heavy atom. The van der Waals surface area contributed by atoms with Crippen molar-refractivity contribution in [2.45, 2.75) is 103 Å². The second kappa shape index (κ2) is 15.8. The van der Waals surface area contributed by atoms with E-state index in [1.54, 1.807) is 12.1 Å². The van der Waals surface area contributed by atoms with Gasteiger partial charge in [-0.3, -0.25) is 0 Å². The summed E-state index contributed by atoms with van der Waals surface area (Å²) >= 11 is 0. The maximum absolute atomic E-state index is 9.35. The predicted octanol–water partition coefficient (Wildman–Crippen LogP) is 7.86. The molecule has 1 aromatic carbocycles. The van der Waals surface area contributed by atoms with Crippen molar-refractivity contribution in [3.8, 4) is 5.75 Å². The molecule has 0 bridgehead atoms. The number of rotatable bonds is 16. The lowest BCUT2D eigenvalue weighted by molar-refractivity contribution is 0.475. The van der Waals surface area contributed by atoms with Gasteiger partial charge in [0.1, 0.15) is 5.75 Å². The molecular weight excluding hydrogens is 318 g/mol. The van der Waals surface area contributed by atoms with Crippen LogP contribution in [0, 0.1) is 0 Å². The number of allylic oxidation sites excluding steroid dienone is 1. The van der Waals surface area contributed by atoms with Gasteiger partial charge < -0.3 is 10.8 Å². The van der Waals surface area contributed by atoms with Crippen molar-refractivity contribution in [2.24, 2.45) is 0 Å². The Morgan fingerprint density at radius 2 is 1.27 bits per heavy atom. The summed E-state index contributed by atoms with van der Waals surface area (Å²) in [7, 11) is 0. The summed E-state index contributed by atoms with van der Waals surface area (Å²) in [5, 5.41) is 9.35. The first kappa shape index (κ1) is 22.6. The Morgan fingerprint density at radius 1 is 0.769 bits per heavy atom. The maximum atomic E-state index is 9.35. The zero-order valence-corrected chi connectivity index (χ0v) is 17.0. The lowest BCUT2D eigenvalue weighted by Crippen LogP contribution is -1.88. The highest BCUT2D eigenvalue weighted by Crippen LogP contribution is 2.20. The van der Waals surface area contributed by atoms with E-state index in [1.807, 2.05) is 6.07 Å². The van der Waals surface area contributed by atoms with Crippen LogP contribution in [0.5, 0.6) is 5.75 Å². The molecule has 2 heteroatoms. The quantitative estimate of drug-likeness (QED) is 0.233. The van der Waals surface area contributed by atoms with Crippen LogP contribution in [-0.4, -0.2) is 5.11 Å². The number of hydrogen-bond donors (Lipinski definition) is 2. The molecule has 1 aromatic rings. The number of aromatic hydroxyl groups is 1. The average Bonchev–Trinajstić information content (AvgIpc) is 2.63. The van der Waals surface area contributed by atoms with Gasteiger partial charge in [-0.2, -0.15) is 0 Å². The van der Waals surface area contributed by atoms with E-state index in [-0.39, 0.29) is 5.75 Å². The number of benzene rings is 1. The molecule has 3 N–H and O–H groups in total. The second-order valence-corrected chi connectivity index (χ2v) is 7.60. The number of unbranched alkanes of at least 4 members (excludes halogenated alkanes) is 14. The Labute approximate surface area is 161 Å². The van der Waals surface area contributed by atoms with Gasteiger partial charge in [-0.15, -0.1) is 0 Å². The topological polar surface area (TPSA) is 46.2 Å². The van der Waals surface area contributed by atoms with Crippen LogP contribution < -0.4 is 5.73 Å². The Bertz CT molecular complexity index is 481. The molecule has 0 atom stereocenters. The molecule has 0 aromatic heterocycles. The van der Waals surface area contributed by atoms with Crippen LogP contribution in [0.15, 0.2) is 24.3 Å². The molecular formula is C24H41NO. The molecule has 1 rings (SSSR count). The minimum absolute atomic E-state index is 0.228. The number of hydrogen-bond acceptors (Lipinski definition) is 2. The average molecular weight is 360 g/mol. The third-order valence-electron chi connectivity index (χ3n) is 5.09. The number of anilines is 1. The van der Waals surface area contributed by atoms with Crippen molar-refractivity contribution in [3.63, 3.8) is 0 Å². The fraction of sp³-hybridized carbons (Fsp3) is 0.667. The SMILES string of the molecule is CCCCCCCCCCCCCCCCC=Cc1ccc(O)cc1N. The van der Waals surface area contributed by atoms with Gasteiger partial charge in [0.2, 0.25) is 0 Å². The minimum atomic E-state index is 0.228. The molecule has 26 heavy (non-hydrogen) atoms. The number of nitrogens with two attached hydrogens (primary N) is 1. The van der Waals surface area contributed by atoms with Crippen LogP contribution in [-0.2, 0) is 0 Å². The molecule has 0 aliphatic heterocycles. The Balaban J connectivity index is 1.85. The molecule has 0 fully saturated rings. The molecule has 2 nitrogen and oxygen atoms in total. The summed E-state index contributed by atoms with van der Waals surface area (Å²) in [5.41, 5.74) is 7.51. The van der Waals surface area contributed by atoms with Gasteiger partial charge in [0, 0.05) is 11.8 Å². The molecule has 0 amide bonds. The molecule has 0 spiro atoms. The molecule has 0 heterocycles. The van der Waals surface area contributed by atoms with E-state index in [4.69, 9.17) is 5.73 Å². The fourth-order valence-electron chi connectivity index (χ4n) is 3.38. The molecule has 0 aliphatic rings. The van der Waals surface area contributed by atoms with E-state index in [0.717, 1.165) is 12.0 Å². The number of phenolic OH excluding ortho intramolecular Hbond substituents is 1. The second-order valence-electron chi connectivity index (χ2n) is 7.60. The van der Waals surface area contributed by atoms with Crippen molar-refractivity contribution in [1.29, 1.82) is 0 Å². The van der Waals surface area contributed by atoms with Crippen molar-refractivity contribution in [2.75, 3.05) is 5.73 Å². The van der Waals surface area contributed by atoms with E-state index < -0.39 is 0 Å². The van der Waals surface area contributed by atoms with E-state index in [1.165, 1.54) is 89.9 Å². The summed E-state index contributed by atoms with van der Waals surface area (Å²) < 4.78 is 0. The molecule has 0 saturated heterocycles. The molecule has 0 aliphatic carbocycles. The van der Waals surface area contributed by atoms with Crippen molar-refractivity contribution in [1.82, 2.24) is 0 Å². The Hall–Kier alpha value is -1.44. The molecule has 0 unspecified atom stereocenters. The number of nitrogen functional groups attached to an aromatic ring is 1. The monoisotopic (exact) mass is 359 g/mol. The largest absolute Gasteiger partial charge is 0.508 e. The van der Waals surface area contributed by atoms with Crippen molar-refractivity contribution < 1.29 is 5.11 Å². The van der Waals surface area contributed by atoms with Crippen LogP contribution in [0.4, 0.5) is 5.69 Å². The first-order valence-electron chi connectivity index (χ1n) is 11.0. The zero-order valence-electron chi connectivity index (χ0n) is 17.0. The lowest BCUT2D eigenvalue weighted by Gasteiger charge is -2.03. The minimum Gasteiger partial charge on any atom is -0.508 e. The Kier molecular flexibility index (Phi) is 13.7. The van der Waals surface area contributed by atoms with Crippen molar-refractivity contribution in [3.05, 3.63) is 29.8 Å². The smallest absolute Gasteiger partial charge is 0.117 e. The van der Waals surface area contributed by atoms with E-state index in [0.29, 0.717) is 5.69 Å². The van der Waals surface area contributed by atoms with E-state index >= 15 is 0 Å². The highest BCUT2D eigenvalue weighted by Gasteiger charge is 1.96. The fourth-order valence-corrected chi connectivity index (χ4v) is 3.38. The van der Waals surface area contributed by atoms with E-state index in [2.05, 4.69) is 19.1 Å². The maximum Gasteiger partial charge on any atom is 0.117 e. The third-order valence-corrected chi connectivity index (χ3v) is 5.09. The van der Waals surface area contributed by atoms with Gasteiger partial charge in [0.05, 0.1) is 0 Å². The predicted molar refractivity (Wildman–Crippen MR) is 116 cm³/mol. The molecule has 148 valence electrons. The highest BCUT2D eigenvalue weighted by atomic mass is 16.3. The van der Waals surface area contributed by atoms with Gasteiger partial charge in [0.15, 0.2) is 0 Å². The first-order chi connectivity index (χ1) is 12.7. The highest BCUT2D eigenvalue weighted by molar-refractivity contribution is 5.65. The normalized spacial score (nSPS) is 11.4. The summed E-state index contributed by atoms with van der Waals surface area (Å²) in [6, 6.07) is 5.15. The molecule has 0 radical (unpaired) electrons. The van der Waals surface area contributed by atoms with Gasteiger partial charge in [-0.05, 0) is 30.5 Å². The first-order valence-corrected chi connectivity index (χ1v) is 11.0. The van der Waals surface area contributed by atoms with Crippen LogP contribution in [0.1, 0.15) is 109 Å². The van der Waals surface area contributed by atoms with Crippen LogP contribution in [0.2, 0.25) is 0 Å². The summed E-state index contributed by atoms with van der Waals surface area (Å²) in [6.45, 7) is 2.28. The number of phenols is 1. The lowest BCUT2D eigenvalue weighted by atomic mass is 10.0. The van der Waals surface area contributed by atoms with Gasteiger partial charge in [-0.1, -0.05) is 103 Å². The van der Waals surface area contributed by atoms with Crippen LogP contribution in [0.25, 0.3) is 6.08 Å². The summed E-state index contributed by atoms with van der Waals surface area (Å²) in [4.78, 5) is 0. The van der Waals surface area contributed by atoms with Gasteiger partial charge in [0.25, 0.3) is 0 Å².